The van der Waals surface area contributed by atoms with Crippen LogP contribution < -0.4 is 5.32 Å². The fraction of sp³-hybridized carbons (Fsp3) is 0.750. The highest BCUT2D eigenvalue weighted by Gasteiger charge is 2.29. The Balaban J connectivity index is 1.66. The third kappa shape index (κ3) is 4.70. The van der Waals surface area contributed by atoms with Crippen molar-refractivity contribution in [2.24, 2.45) is 5.92 Å². The molecule has 0 aromatic rings. The Kier molecular flexibility index (Phi) is 5.26. The molecule has 0 aliphatic carbocycles. The zero-order chi connectivity index (χ0) is 15.5. The van der Waals surface area contributed by atoms with Gasteiger partial charge in [0.1, 0.15) is 9.84 Å². The maximum absolute atomic E-state index is 11.8. The standard InChI is InChI=1S/C12H18N2O5S2/c15-10(7-9-1-5-21(18,19)6-2-9)13-3-4-14-11(16)8-20-12(14)17/h9H,1-8H2,(H,13,15). The highest BCUT2D eigenvalue weighted by Crippen LogP contribution is 2.21. The average Bonchev–Trinajstić information content (AvgIpc) is 2.73. The van der Waals surface area contributed by atoms with Crippen LogP contribution in [0.1, 0.15) is 19.3 Å². The van der Waals surface area contributed by atoms with Gasteiger partial charge >= 0.3 is 0 Å². The molecule has 118 valence electrons. The third-order valence-electron chi connectivity index (χ3n) is 3.65. The molecule has 2 aliphatic rings. The average molecular weight is 334 g/mol. The SMILES string of the molecule is O=C(CC1CCS(=O)(=O)CC1)NCCN1C(=O)CSC1=O. The number of carbonyl (C=O) groups excluding carboxylic acids is 3. The molecule has 0 radical (unpaired) electrons. The number of hydrogen-bond acceptors (Lipinski definition) is 6. The minimum atomic E-state index is -2.91. The van der Waals surface area contributed by atoms with E-state index < -0.39 is 9.84 Å². The zero-order valence-corrected chi connectivity index (χ0v) is 13.2. The van der Waals surface area contributed by atoms with Crippen LogP contribution in [0.15, 0.2) is 0 Å². The number of imide groups is 1. The molecule has 2 fully saturated rings. The lowest BCUT2D eigenvalue weighted by Gasteiger charge is -2.21. The van der Waals surface area contributed by atoms with E-state index in [1.807, 2.05) is 0 Å². The Morgan fingerprint density at radius 3 is 2.52 bits per heavy atom. The molecule has 21 heavy (non-hydrogen) atoms. The van der Waals surface area contributed by atoms with Crippen molar-refractivity contribution in [3.63, 3.8) is 0 Å². The van der Waals surface area contributed by atoms with Crippen molar-refractivity contribution < 1.29 is 22.8 Å². The first-order valence-electron chi connectivity index (χ1n) is 6.81. The van der Waals surface area contributed by atoms with E-state index in [1.165, 1.54) is 0 Å². The van der Waals surface area contributed by atoms with Crippen LogP contribution in [0.3, 0.4) is 0 Å². The Bertz CT molecular complexity index is 516. The van der Waals surface area contributed by atoms with Crippen molar-refractivity contribution in [2.75, 3.05) is 30.3 Å². The van der Waals surface area contributed by atoms with Crippen molar-refractivity contribution in [3.05, 3.63) is 0 Å². The van der Waals surface area contributed by atoms with E-state index >= 15 is 0 Å². The Labute approximate surface area is 127 Å². The van der Waals surface area contributed by atoms with E-state index in [0.717, 1.165) is 16.7 Å². The minimum Gasteiger partial charge on any atom is -0.354 e. The lowest BCUT2D eigenvalue weighted by Crippen LogP contribution is -2.38. The van der Waals surface area contributed by atoms with Crippen LogP contribution in [-0.2, 0) is 19.4 Å². The van der Waals surface area contributed by atoms with E-state index in [4.69, 9.17) is 0 Å². The first-order chi connectivity index (χ1) is 9.87. The van der Waals surface area contributed by atoms with E-state index in [-0.39, 0.29) is 53.3 Å². The third-order valence-corrected chi connectivity index (χ3v) is 6.22. The molecule has 0 bridgehead atoms. The molecule has 0 atom stereocenters. The van der Waals surface area contributed by atoms with Gasteiger partial charge in [0, 0.05) is 19.5 Å². The summed E-state index contributed by atoms with van der Waals surface area (Å²) in [5.74, 6) is 0.184. The van der Waals surface area contributed by atoms with Crippen LogP contribution in [0.2, 0.25) is 0 Å². The highest BCUT2D eigenvalue weighted by molar-refractivity contribution is 8.14. The van der Waals surface area contributed by atoms with Crippen molar-refractivity contribution in [3.8, 4) is 0 Å². The number of amides is 3. The summed E-state index contributed by atoms with van der Waals surface area (Å²) in [5, 5.41) is 2.40. The molecule has 2 rings (SSSR count). The monoisotopic (exact) mass is 334 g/mol. The Morgan fingerprint density at radius 2 is 1.95 bits per heavy atom. The van der Waals surface area contributed by atoms with E-state index in [9.17, 15) is 22.8 Å². The number of sulfone groups is 1. The summed E-state index contributed by atoms with van der Waals surface area (Å²) in [7, 11) is -2.91. The normalized spacial score (nSPS) is 22.6. The van der Waals surface area contributed by atoms with Gasteiger partial charge in [-0.25, -0.2) is 8.42 Å². The van der Waals surface area contributed by atoms with Gasteiger partial charge in [0.05, 0.1) is 17.3 Å². The quantitative estimate of drug-likeness (QED) is 0.760. The predicted octanol–water partition coefficient (Wildman–Crippen LogP) is 0.0129. The van der Waals surface area contributed by atoms with Crippen LogP contribution in [-0.4, -0.2) is 60.7 Å². The second kappa shape index (κ2) is 6.78. The molecule has 2 saturated heterocycles. The summed E-state index contributed by atoms with van der Waals surface area (Å²) in [4.78, 5) is 35.6. The second-order valence-electron chi connectivity index (χ2n) is 5.25. The van der Waals surface area contributed by atoms with Crippen molar-refractivity contribution in [2.45, 2.75) is 19.3 Å². The number of thioether (sulfide) groups is 1. The summed E-state index contributed by atoms with van der Waals surface area (Å²) in [5.41, 5.74) is 0. The van der Waals surface area contributed by atoms with E-state index in [2.05, 4.69) is 5.32 Å². The van der Waals surface area contributed by atoms with Crippen molar-refractivity contribution >= 4 is 38.7 Å². The number of nitrogens with zero attached hydrogens (tertiary/aromatic N) is 1. The van der Waals surface area contributed by atoms with Gasteiger partial charge in [0.2, 0.25) is 11.8 Å². The van der Waals surface area contributed by atoms with Crippen LogP contribution in [0.25, 0.3) is 0 Å². The highest BCUT2D eigenvalue weighted by atomic mass is 32.2. The molecule has 1 N–H and O–H groups in total. The molecule has 0 aromatic heterocycles. The summed E-state index contributed by atoms with van der Waals surface area (Å²) in [6.07, 6.45) is 1.34. The lowest BCUT2D eigenvalue weighted by atomic mass is 9.98. The summed E-state index contributed by atoms with van der Waals surface area (Å²) < 4.78 is 22.6. The summed E-state index contributed by atoms with van der Waals surface area (Å²) in [6.45, 7) is 0.428. The van der Waals surface area contributed by atoms with Crippen LogP contribution in [0, 0.1) is 5.92 Å². The number of nitrogens with one attached hydrogen (secondary N) is 1. The van der Waals surface area contributed by atoms with Crippen LogP contribution in [0.4, 0.5) is 4.79 Å². The number of rotatable bonds is 5. The van der Waals surface area contributed by atoms with E-state index in [1.54, 1.807) is 0 Å². The van der Waals surface area contributed by atoms with Crippen molar-refractivity contribution in [1.29, 1.82) is 0 Å². The fourth-order valence-corrected chi connectivity index (χ4v) is 4.72. The van der Waals surface area contributed by atoms with Gasteiger partial charge in [-0.15, -0.1) is 0 Å². The van der Waals surface area contributed by atoms with Crippen molar-refractivity contribution in [1.82, 2.24) is 10.2 Å². The molecule has 0 spiro atoms. The topological polar surface area (TPSA) is 101 Å². The number of hydrogen-bond donors (Lipinski definition) is 1. The van der Waals surface area contributed by atoms with Gasteiger partial charge in [-0.1, -0.05) is 11.8 Å². The van der Waals surface area contributed by atoms with E-state index in [0.29, 0.717) is 19.3 Å². The van der Waals surface area contributed by atoms with Gasteiger partial charge < -0.3 is 5.32 Å². The molecule has 7 nitrogen and oxygen atoms in total. The molecule has 3 amide bonds. The molecular weight excluding hydrogens is 316 g/mol. The maximum Gasteiger partial charge on any atom is 0.288 e. The second-order valence-corrected chi connectivity index (χ2v) is 8.48. The predicted molar refractivity (Wildman–Crippen MR) is 78.6 cm³/mol. The smallest absolute Gasteiger partial charge is 0.288 e. The summed E-state index contributed by atoms with van der Waals surface area (Å²) in [6, 6.07) is 0. The first-order valence-corrected chi connectivity index (χ1v) is 9.62. The Morgan fingerprint density at radius 1 is 1.29 bits per heavy atom. The largest absolute Gasteiger partial charge is 0.354 e. The molecule has 0 saturated carbocycles. The maximum atomic E-state index is 11.8. The van der Waals surface area contributed by atoms with Gasteiger partial charge in [0.25, 0.3) is 5.24 Å². The molecule has 2 aliphatic heterocycles. The van der Waals surface area contributed by atoms with Gasteiger partial charge in [-0.3, -0.25) is 19.3 Å². The van der Waals surface area contributed by atoms with Crippen LogP contribution >= 0.6 is 11.8 Å². The summed E-state index contributed by atoms with van der Waals surface area (Å²) >= 11 is 0.968. The molecule has 2 heterocycles. The molecule has 0 unspecified atom stereocenters. The minimum absolute atomic E-state index is 0.0964. The molecular formula is C12H18N2O5S2. The number of carbonyl (C=O) groups is 3. The van der Waals surface area contributed by atoms with Gasteiger partial charge in [-0.05, 0) is 18.8 Å². The van der Waals surface area contributed by atoms with Crippen LogP contribution in [0.5, 0.6) is 0 Å². The van der Waals surface area contributed by atoms with Gasteiger partial charge in [0.15, 0.2) is 0 Å². The fourth-order valence-electron chi connectivity index (χ4n) is 2.38. The zero-order valence-electron chi connectivity index (χ0n) is 11.5. The Hall–Kier alpha value is -1.09. The molecule has 9 heteroatoms. The lowest BCUT2D eigenvalue weighted by molar-refractivity contribution is -0.126. The first kappa shape index (κ1) is 16.3. The van der Waals surface area contributed by atoms with Gasteiger partial charge in [-0.2, -0.15) is 0 Å². The molecule has 0 aromatic carbocycles.